The van der Waals surface area contributed by atoms with Gasteiger partial charge in [0.25, 0.3) is 0 Å². The molecule has 0 spiro atoms. The summed E-state index contributed by atoms with van der Waals surface area (Å²) in [6.45, 7) is 4.39. The maximum atomic E-state index is 10.1. The largest absolute Gasteiger partial charge is 0.395 e. The van der Waals surface area contributed by atoms with Crippen molar-refractivity contribution in [2.45, 2.75) is 25.5 Å². The fourth-order valence-corrected chi connectivity index (χ4v) is 1.53. The highest BCUT2D eigenvalue weighted by Crippen LogP contribution is 2.24. The maximum absolute atomic E-state index is 10.1. The van der Waals surface area contributed by atoms with Gasteiger partial charge in [-0.05, 0) is 19.4 Å². The number of rotatable bonds is 5. The predicted octanol–water partition coefficient (Wildman–Crippen LogP) is 1.08. The molecule has 84 valence electrons. The van der Waals surface area contributed by atoms with Crippen molar-refractivity contribution in [3.63, 3.8) is 0 Å². The van der Waals surface area contributed by atoms with Crippen molar-refractivity contribution in [1.29, 1.82) is 0 Å². The molecule has 3 nitrogen and oxygen atoms in total. The second-order valence-corrected chi connectivity index (χ2v) is 4.19. The summed E-state index contributed by atoms with van der Waals surface area (Å²) in [5, 5.41) is 22.0. The van der Waals surface area contributed by atoms with Crippen molar-refractivity contribution < 1.29 is 10.2 Å². The van der Waals surface area contributed by atoms with Crippen LogP contribution in [0.4, 0.5) is 0 Å². The van der Waals surface area contributed by atoms with E-state index >= 15 is 0 Å². The van der Waals surface area contributed by atoms with Crippen molar-refractivity contribution in [3.05, 3.63) is 35.9 Å². The summed E-state index contributed by atoms with van der Waals surface area (Å²) in [5.41, 5.74) is 0.442. The van der Waals surface area contributed by atoms with Gasteiger partial charge in [-0.3, -0.25) is 0 Å². The lowest BCUT2D eigenvalue weighted by atomic mass is 9.91. The zero-order valence-corrected chi connectivity index (χ0v) is 9.27. The molecule has 1 rings (SSSR count). The van der Waals surface area contributed by atoms with Crippen LogP contribution >= 0.6 is 0 Å². The monoisotopic (exact) mass is 209 g/mol. The van der Waals surface area contributed by atoms with Crippen LogP contribution in [0.25, 0.3) is 0 Å². The van der Waals surface area contributed by atoms with Crippen LogP contribution in [0, 0.1) is 0 Å². The summed E-state index contributed by atoms with van der Waals surface area (Å²) in [7, 11) is 0. The van der Waals surface area contributed by atoms with Gasteiger partial charge in [-0.15, -0.1) is 0 Å². The molecular formula is C12H19NO2. The molecular weight excluding hydrogens is 190 g/mol. The Labute approximate surface area is 90.8 Å². The Morgan fingerprint density at radius 3 is 2.40 bits per heavy atom. The van der Waals surface area contributed by atoms with E-state index in [0.29, 0.717) is 6.54 Å². The highest BCUT2D eigenvalue weighted by atomic mass is 16.3. The Balaban J connectivity index is 2.70. The molecule has 0 heterocycles. The van der Waals surface area contributed by atoms with E-state index < -0.39 is 11.6 Å². The van der Waals surface area contributed by atoms with E-state index in [1.165, 1.54) is 0 Å². The second kappa shape index (κ2) is 5.26. The highest BCUT2D eigenvalue weighted by molar-refractivity contribution is 5.20. The highest BCUT2D eigenvalue weighted by Gasteiger charge is 2.27. The lowest BCUT2D eigenvalue weighted by Gasteiger charge is -2.32. The number of β-amino-alcohol motifs (C(OH)–C–C–N with tert-alkyl or cyclic N) is 1. The molecule has 0 aliphatic carbocycles. The van der Waals surface area contributed by atoms with E-state index in [4.69, 9.17) is 5.11 Å². The number of hydrogen-bond acceptors (Lipinski definition) is 3. The summed E-state index contributed by atoms with van der Waals surface area (Å²) < 4.78 is 0. The topological polar surface area (TPSA) is 52.5 Å². The van der Waals surface area contributed by atoms with Crippen LogP contribution in [0.3, 0.4) is 0 Å². The molecule has 0 aliphatic heterocycles. The molecule has 0 saturated carbocycles. The first-order valence-corrected chi connectivity index (χ1v) is 5.17. The summed E-state index contributed by atoms with van der Waals surface area (Å²) in [5.74, 6) is 0. The van der Waals surface area contributed by atoms with E-state index in [1.807, 2.05) is 44.2 Å². The van der Waals surface area contributed by atoms with Gasteiger partial charge in [-0.2, -0.15) is 0 Å². The Bertz CT molecular complexity index is 285. The third-order valence-electron chi connectivity index (χ3n) is 2.49. The number of nitrogens with one attached hydrogen (secondary N) is 1. The molecule has 1 aromatic carbocycles. The van der Waals surface area contributed by atoms with Gasteiger partial charge in [0.1, 0.15) is 0 Å². The first-order chi connectivity index (χ1) is 7.08. The number of aliphatic hydroxyl groups is 2. The molecule has 1 aromatic rings. The summed E-state index contributed by atoms with van der Waals surface area (Å²) >= 11 is 0. The molecule has 1 unspecified atom stereocenters. The minimum atomic E-state index is -0.578. The predicted molar refractivity (Wildman–Crippen MR) is 60.6 cm³/mol. The normalized spacial score (nSPS) is 13.9. The van der Waals surface area contributed by atoms with Gasteiger partial charge >= 0.3 is 0 Å². The van der Waals surface area contributed by atoms with Crippen LogP contribution in [0.2, 0.25) is 0 Å². The van der Waals surface area contributed by atoms with E-state index in [9.17, 15) is 5.11 Å². The molecule has 0 radical (unpaired) electrons. The molecule has 1 atom stereocenters. The Morgan fingerprint density at radius 1 is 1.27 bits per heavy atom. The Morgan fingerprint density at radius 2 is 1.87 bits per heavy atom. The van der Waals surface area contributed by atoms with Crippen LogP contribution in [0.1, 0.15) is 25.5 Å². The third-order valence-corrected chi connectivity index (χ3v) is 2.49. The molecule has 3 heteroatoms. The van der Waals surface area contributed by atoms with Crippen molar-refractivity contribution in [2.24, 2.45) is 0 Å². The van der Waals surface area contributed by atoms with Gasteiger partial charge in [-0.1, -0.05) is 30.3 Å². The van der Waals surface area contributed by atoms with Crippen molar-refractivity contribution in [2.75, 3.05) is 13.2 Å². The van der Waals surface area contributed by atoms with Crippen molar-refractivity contribution in [1.82, 2.24) is 5.32 Å². The molecule has 0 bridgehead atoms. The minimum Gasteiger partial charge on any atom is -0.395 e. The van der Waals surface area contributed by atoms with Crippen molar-refractivity contribution >= 4 is 0 Å². The van der Waals surface area contributed by atoms with E-state index in [1.54, 1.807) is 0 Å². The second-order valence-electron chi connectivity index (χ2n) is 4.19. The summed E-state index contributed by atoms with van der Waals surface area (Å²) in [6, 6.07) is 9.52. The van der Waals surface area contributed by atoms with Crippen molar-refractivity contribution in [3.8, 4) is 0 Å². The number of hydrogen-bond donors (Lipinski definition) is 3. The van der Waals surface area contributed by atoms with E-state index in [2.05, 4.69) is 5.32 Å². The molecule has 0 aliphatic rings. The fourth-order valence-electron chi connectivity index (χ4n) is 1.53. The van der Waals surface area contributed by atoms with Gasteiger partial charge in [0, 0.05) is 12.1 Å². The zero-order chi connectivity index (χ0) is 11.3. The molecule has 0 amide bonds. The van der Waals surface area contributed by atoms with Crippen LogP contribution in [-0.2, 0) is 0 Å². The Hall–Kier alpha value is -0.900. The standard InChI is InChI=1S/C12H19NO2/c1-12(2,13-8-9-14)11(15)10-6-4-3-5-7-10/h3-7,11,13-15H,8-9H2,1-2H3. The zero-order valence-electron chi connectivity index (χ0n) is 9.27. The van der Waals surface area contributed by atoms with Gasteiger partial charge < -0.3 is 15.5 Å². The molecule has 15 heavy (non-hydrogen) atoms. The molecule has 0 saturated heterocycles. The lowest BCUT2D eigenvalue weighted by molar-refractivity contribution is 0.0768. The quantitative estimate of drug-likeness (QED) is 0.680. The summed E-state index contributed by atoms with van der Waals surface area (Å²) in [4.78, 5) is 0. The minimum absolute atomic E-state index is 0.0743. The molecule has 0 fully saturated rings. The van der Waals surface area contributed by atoms with E-state index in [-0.39, 0.29) is 6.61 Å². The SMILES string of the molecule is CC(C)(NCCO)C(O)c1ccccc1. The van der Waals surface area contributed by atoms with Gasteiger partial charge in [-0.25, -0.2) is 0 Å². The van der Waals surface area contributed by atoms with Crippen LogP contribution < -0.4 is 5.32 Å². The van der Waals surface area contributed by atoms with Crippen LogP contribution in [0.5, 0.6) is 0 Å². The first-order valence-electron chi connectivity index (χ1n) is 5.17. The summed E-state index contributed by atoms with van der Waals surface area (Å²) in [6.07, 6.45) is -0.578. The number of aliphatic hydroxyl groups excluding tert-OH is 2. The average molecular weight is 209 g/mol. The van der Waals surface area contributed by atoms with Gasteiger partial charge in [0.05, 0.1) is 12.7 Å². The third kappa shape index (κ3) is 3.30. The fraction of sp³-hybridized carbons (Fsp3) is 0.500. The number of benzene rings is 1. The molecule has 3 N–H and O–H groups in total. The first kappa shape index (κ1) is 12.2. The Kier molecular flexibility index (Phi) is 4.27. The van der Waals surface area contributed by atoms with Gasteiger partial charge in [0.15, 0.2) is 0 Å². The van der Waals surface area contributed by atoms with Gasteiger partial charge in [0.2, 0.25) is 0 Å². The van der Waals surface area contributed by atoms with Crippen LogP contribution in [0.15, 0.2) is 30.3 Å². The smallest absolute Gasteiger partial charge is 0.0966 e. The lowest BCUT2D eigenvalue weighted by Crippen LogP contribution is -2.46. The molecule has 0 aromatic heterocycles. The van der Waals surface area contributed by atoms with Crippen LogP contribution in [-0.4, -0.2) is 28.9 Å². The average Bonchev–Trinajstić information content (AvgIpc) is 2.26. The van der Waals surface area contributed by atoms with E-state index in [0.717, 1.165) is 5.56 Å². The maximum Gasteiger partial charge on any atom is 0.0966 e.